The molecule has 2 aliphatic rings. The maximum absolute atomic E-state index is 12.7. The molecular formula is C15H22N4O3S. The van der Waals surface area contributed by atoms with E-state index in [-0.39, 0.29) is 29.4 Å². The topological polar surface area (TPSA) is 82.6 Å². The van der Waals surface area contributed by atoms with Gasteiger partial charge in [0, 0.05) is 38.1 Å². The first kappa shape index (κ1) is 16.4. The van der Waals surface area contributed by atoms with E-state index in [9.17, 15) is 13.2 Å². The van der Waals surface area contributed by atoms with Gasteiger partial charge in [-0.05, 0) is 37.9 Å². The van der Waals surface area contributed by atoms with Crippen molar-refractivity contribution in [2.24, 2.45) is 0 Å². The van der Waals surface area contributed by atoms with E-state index in [1.807, 2.05) is 4.90 Å². The number of aromatic nitrogens is 1. The molecule has 0 spiro atoms. The molecule has 1 aromatic rings. The zero-order valence-corrected chi connectivity index (χ0v) is 14.0. The molecule has 8 heteroatoms. The lowest BCUT2D eigenvalue weighted by atomic mass is 10.1. The molecule has 1 N–H and O–H groups in total. The summed E-state index contributed by atoms with van der Waals surface area (Å²) >= 11 is 0. The Bertz CT molecular complexity index is 651. The second kappa shape index (κ2) is 6.54. The molecule has 2 saturated heterocycles. The number of sulfonamides is 1. The van der Waals surface area contributed by atoms with Gasteiger partial charge in [0.15, 0.2) is 0 Å². The van der Waals surface area contributed by atoms with Crippen molar-refractivity contribution in [1.29, 1.82) is 0 Å². The van der Waals surface area contributed by atoms with E-state index in [1.165, 1.54) is 25.5 Å². The largest absolute Gasteiger partial charge is 0.334 e. The minimum atomic E-state index is -3.69. The number of pyridine rings is 1. The molecule has 0 aromatic carbocycles. The molecule has 2 bridgehead atoms. The fourth-order valence-corrected chi connectivity index (χ4v) is 4.51. The molecule has 0 saturated carbocycles. The maximum atomic E-state index is 12.7. The quantitative estimate of drug-likeness (QED) is 0.839. The predicted octanol–water partition coefficient (Wildman–Crippen LogP) is 0.0550. The Morgan fingerprint density at radius 1 is 1.39 bits per heavy atom. The first-order valence-corrected chi connectivity index (χ1v) is 9.32. The Kier molecular flexibility index (Phi) is 4.65. The summed E-state index contributed by atoms with van der Waals surface area (Å²) in [6, 6.07) is 3.48. The summed E-state index contributed by atoms with van der Waals surface area (Å²) in [5.74, 6) is -0.115. The van der Waals surface area contributed by atoms with E-state index >= 15 is 0 Å². The zero-order valence-electron chi connectivity index (χ0n) is 13.2. The van der Waals surface area contributed by atoms with Crippen LogP contribution >= 0.6 is 0 Å². The van der Waals surface area contributed by atoms with Crippen molar-refractivity contribution in [2.75, 3.05) is 26.7 Å². The van der Waals surface area contributed by atoms with Crippen LogP contribution in [0.2, 0.25) is 0 Å². The van der Waals surface area contributed by atoms with Crippen LogP contribution in [-0.4, -0.2) is 67.3 Å². The third kappa shape index (κ3) is 3.24. The van der Waals surface area contributed by atoms with Crippen LogP contribution in [0.1, 0.15) is 19.3 Å². The Hall–Kier alpha value is -1.51. The smallest absolute Gasteiger partial charge is 0.244 e. The molecule has 3 heterocycles. The number of carbonyl (C=O) groups excluding carboxylic acids is 1. The summed E-state index contributed by atoms with van der Waals surface area (Å²) in [5, 5.41) is 3.34. The molecular weight excluding hydrogens is 316 g/mol. The van der Waals surface area contributed by atoms with Gasteiger partial charge >= 0.3 is 0 Å². The second-order valence-corrected chi connectivity index (χ2v) is 8.17. The van der Waals surface area contributed by atoms with Gasteiger partial charge in [0.2, 0.25) is 15.9 Å². The number of likely N-dealkylation sites (N-methyl/N-ethyl adjacent to an activating group) is 1. The SMILES string of the molecule is CN(CC(=O)N1C2CCNCC1CC2)S(=O)(=O)c1cccnc1. The minimum Gasteiger partial charge on any atom is -0.334 e. The van der Waals surface area contributed by atoms with Gasteiger partial charge < -0.3 is 10.2 Å². The molecule has 2 aliphatic heterocycles. The van der Waals surface area contributed by atoms with Crippen molar-refractivity contribution in [2.45, 2.75) is 36.2 Å². The summed E-state index contributed by atoms with van der Waals surface area (Å²) in [4.78, 5) is 18.5. The zero-order chi connectivity index (χ0) is 16.4. The van der Waals surface area contributed by atoms with E-state index < -0.39 is 10.0 Å². The van der Waals surface area contributed by atoms with E-state index in [2.05, 4.69) is 10.3 Å². The highest BCUT2D eigenvalue weighted by atomic mass is 32.2. The highest BCUT2D eigenvalue weighted by Crippen LogP contribution is 2.28. The predicted molar refractivity (Wildman–Crippen MR) is 85.2 cm³/mol. The first-order chi connectivity index (χ1) is 11.0. The maximum Gasteiger partial charge on any atom is 0.244 e. The van der Waals surface area contributed by atoms with Gasteiger partial charge in [-0.3, -0.25) is 9.78 Å². The van der Waals surface area contributed by atoms with Crippen LogP contribution in [-0.2, 0) is 14.8 Å². The van der Waals surface area contributed by atoms with Crippen LogP contribution in [0.25, 0.3) is 0 Å². The Labute approximate surface area is 136 Å². The minimum absolute atomic E-state index is 0.107. The van der Waals surface area contributed by atoms with Crippen LogP contribution in [0, 0.1) is 0 Å². The molecule has 1 aromatic heterocycles. The number of hydrogen-bond donors (Lipinski definition) is 1. The molecule has 3 rings (SSSR count). The van der Waals surface area contributed by atoms with Crippen molar-refractivity contribution in [3.05, 3.63) is 24.5 Å². The van der Waals surface area contributed by atoms with Crippen molar-refractivity contribution in [1.82, 2.24) is 19.5 Å². The van der Waals surface area contributed by atoms with Gasteiger partial charge in [0.1, 0.15) is 4.90 Å². The third-order valence-corrected chi connectivity index (χ3v) is 6.43. The van der Waals surface area contributed by atoms with Crippen LogP contribution in [0.3, 0.4) is 0 Å². The summed E-state index contributed by atoms with van der Waals surface area (Å²) in [6.45, 7) is 1.57. The van der Waals surface area contributed by atoms with Crippen LogP contribution in [0.4, 0.5) is 0 Å². The second-order valence-electron chi connectivity index (χ2n) is 6.13. The van der Waals surface area contributed by atoms with Crippen molar-refractivity contribution in [3.63, 3.8) is 0 Å². The molecule has 0 aliphatic carbocycles. The normalized spacial score (nSPS) is 24.7. The average molecular weight is 338 g/mol. The van der Waals surface area contributed by atoms with Crippen molar-refractivity contribution < 1.29 is 13.2 Å². The highest BCUT2D eigenvalue weighted by molar-refractivity contribution is 7.89. The van der Waals surface area contributed by atoms with Crippen molar-refractivity contribution >= 4 is 15.9 Å². The lowest BCUT2D eigenvalue weighted by molar-refractivity contribution is -0.133. The van der Waals surface area contributed by atoms with Crippen LogP contribution in [0.5, 0.6) is 0 Å². The molecule has 1 amide bonds. The number of amides is 1. The molecule has 126 valence electrons. The van der Waals surface area contributed by atoms with Gasteiger partial charge in [0.05, 0.1) is 6.54 Å². The number of fused-ring (bicyclic) bond motifs is 2. The summed E-state index contributed by atoms with van der Waals surface area (Å²) in [7, 11) is -2.25. The van der Waals surface area contributed by atoms with Gasteiger partial charge in [-0.2, -0.15) is 4.31 Å². The van der Waals surface area contributed by atoms with Gasteiger partial charge in [-0.15, -0.1) is 0 Å². The molecule has 2 fully saturated rings. The summed E-state index contributed by atoms with van der Waals surface area (Å²) in [5.41, 5.74) is 0. The first-order valence-electron chi connectivity index (χ1n) is 7.88. The highest BCUT2D eigenvalue weighted by Gasteiger charge is 2.38. The Morgan fingerprint density at radius 3 is 2.91 bits per heavy atom. The van der Waals surface area contributed by atoms with Gasteiger partial charge in [-0.1, -0.05) is 0 Å². The molecule has 23 heavy (non-hydrogen) atoms. The Balaban J connectivity index is 1.72. The standard InChI is InChI=1S/C15H22N4O3S/c1-18(23(21,22)14-3-2-7-16-10-14)11-15(20)19-12-4-5-13(19)9-17-8-6-12/h2-3,7,10,12-13,17H,4-6,8-9,11H2,1H3. The summed E-state index contributed by atoms with van der Waals surface area (Å²) in [6.07, 6.45) is 5.75. The number of nitrogens with zero attached hydrogens (tertiary/aromatic N) is 3. The van der Waals surface area contributed by atoms with E-state index in [0.717, 1.165) is 36.7 Å². The number of carbonyl (C=O) groups is 1. The molecule has 7 nitrogen and oxygen atoms in total. The van der Waals surface area contributed by atoms with Crippen molar-refractivity contribution in [3.8, 4) is 0 Å². The van der Waals surface area contributed by atoms with Crippen LogP contribution in [0.15, 0.2) is 29.4 Å². The Morgan fingerprint density at radius 2 is 2.17 bits per heavy atom. The van der Waals surface area contributed by atoms with E-state index in [1.54, 1.807) is 6.07 Å². The van der Waals surface area contributed by atoms with E-state index in [0.29, 0.717) is 0 Å². The molecule has 2 unspecified atom stereocenters. The summed E-state index contributed by atoms with van der Waals surface area (Å²) < 4.78 is 26.1. The monoisotopic (exact) mass is 338 g/mol. The number of hydrogen-bond acceptors (Lipinski definition) is 5. The average Bonchev–Trinajstić information content (AvgIpc) is 2.81. The van der Waals surface area contributed by atoms with Gasteiger partial charge in [-0.25, -0.2) is 8.42 Å². The number of nitrogens with one attached hydrogen (secondary N) is 1. The lowest BCUT2D eigenvalue weighted by Crippen LogP contribution is -2.47. The lowest BCUT2D eigenvalue weighted by Gasteiger charge is -2.29. The molecule has 2 atom stereocenters. The van der Waals surface area contributed by atoms with E-state index in [4.69, 9.17) is 0 Å². The van der Waals surface area contributed by atoms with Gasteiger partial charge in [0.25, 0.3) is 0 Å². The van der Waals surface area contributed by atoms with Crippen LogP contribution < -0.4 is 5.32 Å². The molecule has 0 radical (unpaired) electrons. The fraction of sp³-hybridized carbons (Fsp3) is 0.600. The third-order valence-electron chi connectivity index (χ3n) is 4.64. The number of rotatable bonds is 4. The fourth-order valence-electron chi connectivity index (χ4n) is 3.43.